The number of nitrogens with zero attached hydrogens (tertiary/aromatic N) is 5. The molecule has 178 valence electrons. The molecule has 2 aliphatic rings. The molecule has 9 heteroatoms. The van der Waals surface area contributed by atoms with Crippen molar-refractivity contribution in [1.82, 2.24) is 19.8 Å². The lowest BCUT2D eigenvalue weighted by atomic mass is 10.1. The van der Waals surface area contributed by atoms with Gasteiger partial charge in [0.2, 0.25) is 5.91 Å². The summed E-state index contributed by atoms with van der Waals surface area (Å²) >= 11 is 0. The number of benzene rings is 2. The van der Waals surface area contributed by atoms with E-state index in [0.717, 1.165) is 16.8 Å². The topological polar surface area (TPSA) is 95.9 Å². The SMILES string of the molecule is CN(C)C(=O)CN1Cc2ccc(N3CC[C@@H](Oc4ccc(-c5cnccn5)cc4)C3=O)cc2C1=O. The number of fused-ring (bicyclic) bond motifs is 1. The molecule has 3 aromatic rings. The van der Waals surface area contributed by atoms with E-state index in [1.165, 1.54) is 9.80 Å². The number of hydrogen-bond donors (Lipinski definition) is 0. The highest BCUT2D eigenvalue weighted by molar-refractivity contribution is 6.03. The van der Waals surface area contributed by atoms with Gasteiger partial charge in [-0.25, -0.2) is 0 Å². The van der Waals surface area contributed by atoms with Gasteiger partial charge in [-0.2, -0.15) is 0 Å². The molecule has 1 fully saturated rings. The van der Waals surface area contributed by atoms with E-state index in [0.29, 0.717) is 36.5 Å². The van der Waals surface area contributed by atoms with E-state index in [2.05, 4.69) is 9.97 Å². The van der Waals surface area contributed by atoms with Crippen molar-refractivity contribution < 1.29 is 19.1 Å². The highest BCUT2D eigenvalue weighted by Crippen LogP contribution is 2.31. The van der Waals surface area contributed by atoms with Crippen molar-refractivity contribution in [3.8, 4) is 17.0 Å². The monoisotopic (exact) mass is 471 g/mol. The fourth-order valence-electron chi connectivity index (χ4n) is 4.29. The molecule has 3 amide bonds. The Kier molecular flexibility index (Phi) is 5.90. The van der Waals surface area contributed by atoms with E-state index in [4.69, 9.17) is 4.74 Å². The number of anilines is 1. The maximum absolute atomic E-state index is 13.1. The van der Waals surface area contributed by atoms with Crippen molar-refractivity contribution in [2.45, 2.75) is 19.1 Å². The molecule has 2 aliphatic heterocycles. The molecule has 35 heavy (non-hydrogen) atoms. The molecule has 5 rings (SSSR count). The number of likely N-dealkylation sites (N-methyl/N-ethyl adjacent to an activating group) is 1. The molecule has 0 unspecified atom stereocenters. The molecule has 0 aliphatic carbocycles. The zero-order valence-corrected chi connectivity index (χ0v) is 19.5. The number of amides is 3. The third-order valence-electron chi connectivity index (χ3n) is 6.26. The van der Waals surface area contributed by atoms with Crippen LogP contribution in [0.1, 0.15) is 22.3 Å². The minimum atomic E-state index is -0.601. The van der Waals surface area contributed by atoms with Gasteiger partial charge in [0.1, 0.15) is 12.3 Å². The molecule has 0 N–H and O–H groups in total. The highest BCUT2D eigenvalue weighted by atomic mass is 16.5. The second-order valence-corrected chi connectivity index (χ2v) is 8.79. The number of hydrogen-bond acceptors (Lipinski definition) is 6. The standard InChI is InChI=1S/C26H25N5O4/c1-29(2)24(32)16-30-15-18-3-6-19(13-21(18)25(30)33)31-12-9-23(26(31)34)35-20-7-4-17(5-8-20)22-14-27-10-11-28-22/h3-8,10-11,13-14,23H,9,12,15-16H2,1-2H3/t23-/m1/s1. The molecule has 0 bridgehead atoms. The van der Waals surface area contributed by atoms with Crippen molar-refractivity contribution >= 4 is 23.4 Å². The van der Waals surface area contributed by atoms with E-state index in [9.17, 15) is 14.4 Å². The Morgan fingerprint density at radius 1 is 1.11 bits per heavy atom. The maximum atomic E-state index is 13.1. The molecule has 3 heterocycles. The van der Waals surface area contributed by atoms with E-state index in [-0.39, 0.29) is 24.3 Å². The Labute approximate surface area is 203 Å². The van der Waals surface area contributed by atoms with Gasteiger partial charge in [-0.3, -0.25) is 24.4 Å². The summed E-state index contributed by atoms with van der Waals surface area (Å²) in [6.45, 7) is 0.916. The summed E-state index contributed by atoms with van der Waals surface area (Å²) in [6.07, 6.45) is 4.89. The van der Waals surface area contributed by atoms with Crippen LogP contribution in [0.2, 0.25) is 0 Å². The lowest BCUT2D eigenvalue weighted by Gasteiger charge is -2.18. The number of ether oxygens (including phenoxy) is 1. The summed E-state index contributed by atoms with van der Waals surface area (Å²) in [6, 6.07) is 12.8. The van der Waals surface area contributed by atoms with Crippen LogP contribution in [-0.4, -0.2) is 70.8 Å². The van der Waals surface area contributed by atoms with Gasteiger partial charge >= 0.3 is 0 Å². The smallest absolute Gasteiger partial charge is 0.268 e. The van der Waals surface area contributed by atoms with Crippen molar-refractivity contribution in [1.29, 1.82) is 0 Å². The Balaban J connectivity index is 1.26. The Bertz CT molecular complexity index is 1280. The van der Waals surface area contributed by atoms with Crippen LogP contribution in [-0.2, 0) is 16.1 Å². The first kappa shape index (κ1) is 22.5. The van der Waals surface area contributed by atoms with Gasteiger partial charge in [-0.15, -0.1) is 0 Å². The van der Waals surface area contributed by atoms with Gasteiger partial charge in [-0.05, 0) is 42.0 Å². The molecule has 0 radical (unpaired) electrons. The minimum absolute atomic E-state index is 0.0318. The third-order valence-corrected chi connectivity index (χ3v) is 6.26. The number of rotatable bonds is 6. The molecular formula is C26H25N5O4. The van der Waals surface area contributed by atoms with Crippen LogP contribution in [0, 0.1) is 0 Å². The number of carbonyl (C=O) groups excluding carboxylic acids is 3. The van der Waals surface area contributed by atoms with Crippen LogP contribution in [0.4, 0.5) is 5.69 Å². The van der Waals surface area contributed by atoms with Crippen LogP contribution in [0.5, 0.6) is 5.75 Å². The lowest BCUT2D eigenvalue weighted by Crippen LogP contribution is -2.36. The molecule has 0 saturated carbocycles. The lowest BCUT2D eigenvalue weighted by molar-refractivity contribution is -0.129. The van der Waals surface area contributed by atoms with Gasteiger partial charge in [0, 0.05) is 62.8 Å². The number of aromatic nitrogens is 2. The van der Waals surface area contributed by atoms with Crippen molar-refractivity contribution in [2.75, 3.05) is 32.1 Å². The predicted octanol–water partition coefficient (Wildman–Crippen LogP) is 2.37. The van der Waals surface area contributed by atoms with Crippen molar-refractivity contribution in [2.24, 2.45) is 0 Å². The minimum Gasteiger partial charge on any atom is -0.481 e. The highest BCUT2D eigenvalue weighted by Gasteiger charge is 2.36. The van der Waals surface area contributed by atoms with Gasteiger partial charge in [-0.1, -0.05) is 6.07 Å². The van der Waals surface area contributed by atoms with E-state index < -0.39 is 6.10 Å². The zero-order valence-electron chi connectivity index (χ0n) is 19.5. The van der Waals surface area contributed by atoms with Gasteiger partial charge in [0.25, 0.3) is 11.8 Å². The van der Waals surface area contributed by atoms with E-state index in [1.54, 1.807) is 43.7 Å². The van der Waals surface area contributed by atoms with Crippen molar-refractivity contribution in [3.05, 3.63) is 72.2 Å². The first-order chi connectivity index (χ1) is 16.9. The van der Waals surface area contributed by atoms with E-state index >= 15 is 0 Å². The Morgan fingerprint density at radius 2 is 1.91 bits per heavy atom. The van der Waals surface area contributed by atoms with Crippen LogP contribution >= 0.6 is 0 Å². The summed E-state index contributed by atoms with van der Waals surface area (Å²) < 4.78 is 5.98. The summed E-state index contributed by atoms with van der Waals surface area (Å²) in [5.41, 5.74) is 3.72. The van der Waals surface area contributed by atoms with E-state index in [1.807, 2.05) is 36.4 Å². The largest absolute Gasteiger partial charge is 0.481 e. The fourth-order valence-corrected chi connectivity index (χ4v) is 4.29. The quantitative estimate of drug-likeness (QED) is 0.548. The molecular weight excluding hydrogens is 446 g/mol. The summed E-state index contributed by atoms with van der Waals surface area (Å²) in [4.78, 5) is 51.0. The molecule has 0 spiro atoms. The third kappa shape index (κ3) is 4.44. The second-order valence-electron chi connectivity index (χ2n) is 8.79. The second kappa shape index (κ2) is 9.17. The summed E-state index contributed by atoms with van der Waals surface area (Å²) in [7, 11) is 3.33. The maximum Gasteiger partial charge on any atom is 0.268 e. The Hall–Kier alpha value is -4.27. The van der Waals surface area contributed by atoms with Crippen LogP contribution < -0.4 is 9.64 Å². The first-order valence-electron chi connectivity index (χ1n) is 11.4. The molecule has 1 aromatic heterocycles. The predicted molar refractivity (Wildman–Crippen MR) is 129 cm³/mol. The average molecular weight is 472 g/mol. The Morgan fingerprint density at radius 3 is 2.63 bits per heavy atom. The zero-order chi connectivity index (χ0) is 24.5. The number of carbonyl (C=O) groups is 3. The molecule has 1 atom stereocenters. The van der Waals surface area contributed by atoms with Gasteiger partial charge < -0.3 is 19.4 Å². The van der Waals surface area contributed by atoms with Gasteiger partial charge in [0.15, 0.2) is 6.10 Å². The first-order valence-corrected chi connectivity index (χ1v) is 11.4. The average Bonchev–Trinajstić information content (AvgIpc) is 3.39. The summed E-state index contributed by atoms with van der Waals surface area (Å²) in [5.74, 6) is 0.127. The molecule has 1 saturated heterocycles. The summed E-state index contributed by atoms with van der Waals surface area (Å²) in [5, 5.41) is 0. The van der Waals surface area contributed by atoms with Crippen LogP contribution in [0.15, 0.2) is 61.1 Å². The van der Waals surface area contributed by atoms with Crippen LogP contribution in [0.25, 0.3) is 11.3 Å². The fraction of sp³-hybridized carbons (Fsp3) is 0.269. The molecule has 2 aromatic carbocycles. The van der Waals surface area contributed by atoms with Gasteiger partial charge in [0.05, 0.1) is 11.9 Å². The normalized spacial score (nSPS) is 17.0. The van der Waals surface area contributed by atoms with Crippen molar-refractivity contribution in [3.63, 3.8) is 0 Å². The van der Waals surface area contributed by atoms with Crippen LogP contribution in [0.3, 0.4) is 0 Å². The molecule has 9 nitrogen and oxygen atoms in total.